The number of benzene rings is 1. The van der Waals surface area contributed by atoms with E-state index in [0.29, 0.717) is 0 Å². The van der Waals surface area contributed by atoms with Gasteiger partial charge in [-0.3, -0.25) is 0 Å². The number of hydrogen-bond donors (Lipinski definition) is 0. The van der Waals surface area contributed by atoms with Crippen LogP contribution in [0.2, 0.25) is 0 Å². The van der Waals surface area contributed by atoms with Crippen molar-refractivity contribution < 1.29 is 0 Å². The Morgan fingerprint density at radius 3 is 2.29 bits per heavy atom. The Kier molecular flexibility index (Phi) is 2.27. The lowest BCUT2D eigenvalue weighted by Gasteiger charge is -2.03. The molecule has 0 atom stereocenters. The molecule has 0 unspecified atom stereocenters. The molecule has 1 aromatic carbocycles. The summed E-state index contributed by atoms with van der Waals surface area (Å²) >= 11 is 0. The van der Waals surface area contributed by atoms with Gasteiger partial charge in [-0.25, -0.2) is 0 Å². The molecule has 0 bridgehead atoms. The molecule has 2 aromatic rings. The van der Waals surface area contributed by atoms with Crippen LogP contribution >= 0.6 is 0 Å². The van der Waals surface area contributed by atoms with Crippen LogP contribution in [-0.4, -0.2) is 10.2 Å². The SMILES string of the molecule is Cc1ccc(-c2ccccc2C)nn1. The number of rotatable bonds is 1. The van der Waals surface area contributed by atoms with Crippen molar-refractivity contribution in [2.24, 2.45) is 0 Å². The minimum atomic E-state index is 0.939. The van der Waals surface area contributed by atoms with E-state index in [-0.39, 0.29) is 0 Å². The van der Waals surface area contributed by atoms with Gasteiger partial charge < -0.3 is 0 Å². The number of aromatic nitrogens is 2. The zero-order valence-electron chi connectivity index (χ0n) is 8.36. The van der Waals surface area contributed by atoms with E-state index >= 15 is 0 Å². The fourth-order valence-corrected chi connectivity index (χ4v) is 1.40. The Morgan fingerprint density at radius 1 is 0.857 bits per heavy atom. The molecule has 2 heteroatoms. The van der Waals surface area contributed by atoms with E-state index in [1.54, 1.807) is 0 Å². The molecule has 1 heterocycles. The molecule has 0 aliphatic carbocycles. The predicted octanol–water partition coefficient (Wildman–Crippen LogP) is 2.76. The van der Waals surface area contributed by atoms with E-state index in [2.05, 4.69) is 29.3 Å². The van der Waals surface area contributed by atoms with Crippen LogP contribution in [0.25, 0.3) is 11.3 Å². The van der Waals surface area contributed by atoms with E-state index in [4.69, 9.17) is 0 Å². The zero-order valence-corrected chi connectivity index (χ0v) is 8.36. The highest BCUT2D eigenvalue weighted by Crippen LogP contribution is 2.19. The topological polar surface area (TPSA) is 25.8 Å². The molecule has 0 saturated heterocycles. The van der Waals surface area contributed by atoms with Gasteiger partial charge >= 0.3 is 0 Å². The monoisotopic (exact) mass is 184 g/mol. The van der Waals surface area contributed by atoms with Gasteiger partial charge in [-0.05, 0) is 31.5 Å². The van der Waals surface area contributed by atoms with Gasteiger partial charge in [0, 0.05) is 5.56 Å². The molecule has 14 heavy (non-hydrogen) atoms. The summed E-state index contributed by atoms with van der Waals surface area (Å²) in [6.45, 7) is 4.02. The molecule has 0 aliphatic heterocycles. The van der Waals surface area contributed by atoms with Gasteiger partial charge in [0.15, 0.2) is 0 Å². The van der Waals surface area contributed by atoms with Crippen molar-refractivity contribution in [3.05, 3.63) is 47.7 Å². The van der Waals surface area contributed by atoms with Crippen LogP contribution in [0.3, 0.4) is 0 Å². The van der Waals surface area contributed by atoms with Gasteiger partial charge in [0.1, 0.15) is 0 Å². The predicted molar refractivity (Wildman–Crippen MR) is 56.9 cm³/mol. The van der Waals surface area contributed by atoms with Gasteiger partial charge in [-0.2, -0.15) is 10.2 Å². The summed E-state index contributed by atoms with van der Waals surface area (Å²) in [5.74, 6) is 0. The maximum atomic E-state index is 4.16. The molecule has 2 nitrogen and oxygen atoms in total. The lowest BCUT2D eigenvalue weighted by Crippen LogP contribution is -1.90. The second kappa shape index (κ2) is 3.58. The van der Waals surface area contributed by atoms with Crippen LogP contribution < -0.4 is 0 Å². The fourth-order valence-electron chi connectivity index (χ4n) is 1.40. The van der Waals surface area contributed by atoms with Crippen molar-refractivity contribution in [2.45, 2.75) is 13.8 Å². The molecule has 0 radical (unpaired) electrons. The highest BCUT2D eigenvalue weighted by molar-refractivity contribution is 5.62. The quantitative estimate of drug-likeness (QED) is 0.681. The smallest absolute Gasteiger partial charge is 0.0932 e. The van der Waals surface area contributed by atoms with E-state index < -0.39 is 0 Å². The van der Waals surface area contributed by atoms with Gasteiger partial charge in [-0.15, -0.1) is 0 Å². The highest BCUT2D eigenvalue weighted by Gasteiger charge is 2.01. The first-order valence-electron chi connectivity index (χ1n) is 4.64. The summed E-state index contributed by atoms with van der Waals surface area (Å²) in [6.07, 6.45) is 0. The fraction of sp³-hybridized carbons (Fsp3) is 0.167. The molecule has 0 spiro atoms. The van der Waals surface area contributed by atoms with Gasteiger partial charge in [0.25, 0.3) is 0 Å². The highest BCUT2D eigenvalue weighted by atomic mass is 15.1. The first-order chi connectivity index (χ1) is 6.77. The van der Waals surface area contributed by atoms with Crippen LogP contribution in [0.5, 0.6) is 0 Å². The van der Waals surface area contributed by atoms with Crippen molar-refractivity contribution in [3.63, 3.8) is 0 Å². The average Bonchev–Trinajstić information content (AvgIpc) is 2.20. The minimum absolute atomic E-state index is 0.939. The first-order valence-corrected chi connectivity index (χ1v) is 4.64. The van der Waals surface area contributed by atoms with Crippen LogP contribution in [0.15, 0.2) is 36.4 Å². The summed E-state index contributed by atoms with van der Waals surface area (Å²) in [6, 6.07) is 12.2. The van der Waals surface area contributed by atoms with Crippen LogP contribution in [0.4, 0.5) is 0 Å². The number of aryl methyl sites for hydroxylation is 2. The summed E-state index contributed by atoms with van der Waals surface area (Å²) in [5.41, 5.74) is 4.27. The van der Waals surface area contributed by atoms with Crippen molar-refractivity contribution in [3.8, 4) is 11.3 Å². The standard InChI is InChI=1S/C12H12N2/c1-9-5-3-4-6-11(9)12-8-7-10(2)13-14-12/h3-8H,1-2H3. The maximum Gasteiger partial charge on any atom is 0.0932 e. The average molecular weight is 184 g/mol. The number of hydrogen-bond acceptors (Lipinski definition) is 2. The minimum Gasteiger partial charge on any atom is -0.155 e. The molecule has 2 rings (SSSR count). The number of nitrogens with zero attached hydrogens (tertiary/aromatic N) is 2. The second-order valence-corrected chi connectivity index (χ2v) is 3.37. The largest absolute Gasteiger partial charge is 0.155 e. The molecule has 0 amide bonds. The maximum absolute atomic E-state index is 4.16. The van der Waals surface area contributed by atoms with E-state index in [0.717, 1.165) is 17.0 Å². The Hall–Kier alpha value is -1.70. The van der Waals surface area contributed by atoms with Crippen LogP contribution in [0, 0.1) is 13.8 Å². The molecule has 0 N–H and O–H groups in total. The third kappa shape index (κ3) is 1.64. The molecule has 0 fully saturated rings. The lowest BCUT2D eigenvalue weighted by molar-refractivity contribution is 0.986. The molecular weight excluding hydrogens is 172 g/mol. The first kappa shape index (κ1) is 8.88. The zero-order chi connectivity index (χ0) is 9.97. The summed E-state index contributed by atoms with van der Waals surface area (Å²) < 4.78 is 0. The molecule has 0 saturated carbocycles. The van der Waals surface area contributed by atoms with Crippen molar-refractivity contribution >= 4 is 0 Å². The Bertz CT molecular complexity index is 432. The second-order valence-electron chi connectivity index (χ2n) is 3.37. The molecule has 70 valence electrons. The van der Waals surface area contributed by atoms with Gasteiger partial charge in [0.2, 0.25) is 0 Å². The Morgan fingerprint density at radius 2 is 1.64 bits per heavy atom. The summed E-state index contributed by atoms with van der Waals surface area (Å²) in [5, 5.41) is 8.21. The van der Waals surface area contributed by atoms with Gasteiger partial charge in [-0.1, -0.05) is 24.3 Å². The lowest BCUT2D eigenvalue weighted by atomic mass is 10.1. The Labute approximate surface area is 83.6 Å². The van der Waals surface area contributed by atoms with Gasteiger partial charge in [0.05, 0.1) is 11.4 Å². The van der Waals surface area contributed by atoms with E-state index in [1.165, 1.54) is 5.56 Å². The van der Waals surface area contributed by atoms with Crippen molar-refractivity contribution in [1.82, 2.24) is 10.2 Å². The normalized spacial score (nSPS) is 10.1. The summed E-state index contributed by atoms with van der Waals surface area (Å²) in [4.78, 5) is 0. The van der Waals surface area contributed by atoms with E-state index in [9.17, 15) is 0 Å². The molecule has 0 aliphatic rings. The van der Waals surface area contributed by atoms with Crippen molar-refractivity contribution in [2.75, 3.05) is 0 Å². The van der Waals surface area contributed by atoms with Crippen LogP contribution in [0.1, 0.15) is 11.3 Å². The third-order valence-corrected chi connectivity index (χ3v) is 2.22. The van der Waals surface area contributed by atoms with Crippen molar-refractivity contribution in [1.29, 1.82) is 0 Å². The summed E-state index contributed by atoms with van der Waals surface area (Å²) in [7, 11) is 0. The molecular formula is C12H12N2. The Balaban J connectivity index is 2.50. The van der Waals surface area contributed by atoms with Crippen LogP contribution in [-0.2, 0) is 0 Å². The molecule has 1 aromatic heterocycles. The third-order valence-electron chi connectivity index (χ3n) is 2.22. The van der Waals surface area contributed by atoms with E-state index in [1.807, 2.05) is 31.2 Å².